The van der Waals surface area contributed by atoms with E-state index in [2.05, 4.69) is 15.1 Å². The van der Waals surface area contributed by atoms with Crippen molar-refractivity contribution in [1.82, 2.24) is 19.7 Å². The number of aromatic carboxylic acids is 1. The van der Waals surface area contributed by atoms with Gasteiger partial charge in [-0.25, -0.2) is 9.78 Å². The lowest BCUT2D eigenvalue weighted by molar-refractivity contribution is 0.0696. The number of hydrogen-bond acceptors (Lipinski definition) is 5. The van der Waals surface area contributed by atoms with Gasteiger partial charge in [-0.1, -0.05) is 13.3 Å². The van der Waals surface area contributed by atoms with Gasteiger partial charge in [-0.05, 0) is 12.5 Å². The molecule has 19 heavy (non-hydrogen) atoms. The molecular formula is C12H14N4O3. The fourth-order valence-electron chi connectivity index (χ4n) is 1.58. The third kappa shape index (κ3) is 3.27. The number of carboxylic acid groups (broad SMARTS) is 1. The van der Waals surface area contributed by atoms with Gasteiger partial charge in [0.25, 0.3) is 0 Å². The summed E-state index contributed by atoms with van der Waals surface area (Å²) >= 11 is 0. The van der Waals surface area contributed by atoms with Gasteiger partial charge in [-0.2, -0.15) is 4.98 Å². The Bertz CT molecular complexity index is 594. The van der Waals surface area contributed by atoms with E-state index in [-0.39, 0.29) is 17.5 Å². The van der Waals surface area contributed by atoms with E-state index in [4.69, 9.17) is 9.84 Å². The highest BCUT2D eigenvalue weighted by atomic mass is 16.5. The summed E-state index contributed by atoms with van der Waals surface area (Å²) in [5, 5.41) is 13.0. The van der Waals surface area contributed by atoms with Gasteiger partial charge in [0, 0.05) is 18.8 Å². The number of hydrogen-bond donors (Lipinski definition) is 1. The summed E-state index contributed by atoms with van der Waals surface area (Å²) in [6, 6.07) is 3.04. The SMILES string of the molecule is CCCc1cc(C(=O)O)cc(Oc2ncn(C)n2)n1. The molecular weight excluding hydrogens is 248 g/mol. The van der Waals surface area contributed by atoms with Crippen molar-refractivity contribution in [2.24, 2.45) is 7.05 Å². The van der Waals surface area contributed by atoms with Crippen LogP contribution in [-0.4, -0.2) is 30.8 Å². The van der Waals surface area contributed by atoms with Crippen LogP contribution in [0.1, 0.15) is 29.4 Å². The molecule has 0 fully saturated rings. The third-order valence-electron chi connectivity index (χ3n) is 2.38. The molecule has 0 atom stereocenters. The Labute approximate surface area is 109 Å². The van der Waals surface area contributed by atoms with Crippen LogP contribution in [0.5, 0.6) is 11.9 Å². The Balaban J connectivity index is 2.30. The van der Waals surface area contributed by atoms with E-state index in [1.165, 1.54) is 17.1 Å². The van der Waals surface area contributed by atoms with E-state index in [0.29, 0.717) is 12.1 Å². The standard InChI is InChI=1S/C12H14N4O3/c1-3-4-9-5-8(11(17)18)6-10(14-9)19-12-13-7-16(2)15-12/h5-7H,3-4H2,1-2H3,(H,17,18). The van der Waals surface area contributed by atoms with Crippen molar-refractivity contribution in [1.29, 1.82) is 0 Å². The van der Waals surface area contributed by atoms with Crippen molar-refractivity contribution < 1.29 is 14.6 Å². The summed E-state index contributed by atoms with van der Waals surface area (Å²) in [7, 11) is 1.71. The zero-order valence-electron chi connectivity index (χ0n) is 10.7. The highest BCUT2D eigenvalue weighted by Gasteiger charge is 2.11. The molecule has 0 aromatic carbocycles. The molecule has 0 spiro atoms. The number of ether oxygens (including phenoxy) is 1. The van der Waals surface area contributed by atoms with Gasteiger partial charge in [0.05, 0.1) is 5.56 Å². The Morgan fingerprint density at radius 1 is 1.47 bits per heavy atom. The van der Waals surface area contributed by atoms with Crippen molar-refractivity contribution >= 4 is 5.97 Å². The van der Waals surface area contributed by atoms with E-state index in [1.54, 1.807) is 13.1 Å². The van der Waals surface area contributed by atoms with Gasteiger partial charge in [0.2, 0.25) is 5.88 Å². The predicted octanol–water partition coefficient (Wildman–Crippen LogP) is 1.65. The molecule has 2 aromatic heterocycles. The lowest BCUT2D eigenvalue weighted by Gasteiger charge is -2.05. The lowest BCUT2D eigenvalue weighted by Crippen LogP contribution is -2.02. The number of aromatic nitrogens is 4. The number of carboxylic acids is 1. The normalized spacial score (nSPS) is 10.4. The molecule has 2 rings (SSSR count). The molecule has 7 heteroatoms. The average molecular weight is 262 g/mol. The first-order valence-electron chi connectivity index (χ1n) is 5.86. The van der Waals surface area contributed by atoms with E-state index >= 15 is 0 Å². The summed E-state index contributed by atoms with van der Waals surface area (Å²) < 4.78 is 6.85. The topological polar surface area (TPSA) is 90.1 Å². The molecule has 0 unspecified atom stereocenters. The largest absolute Gasteiger partial charge is 0.478 e. The van der Waals surface area contributed by atoms with Crippen LogP contribution in [-0.2, 0) is 13.5 Å². The highest BCUT2D eigenvalue weighted by Crippen LogP contribution is 2.18. The summed E-state index contributed by atoms with van der Waals surface area (Å²) in [6.07, 6.45) is 3.05. The minimum Gasteiger partial charge on any atom is -0.478 e. The van der Waals surface area contributed by atoms with Crippen molar-refractivity contribution in [2.45, 2.75) is 19.8 Å². The maximum absolute atomic E-state index is 11.0. The Hall–Kier alpha value is -2.44. The van der Waals surface area contributed by atoms with E-state index < -0.39 is 5.97 Å². The second-order valence-electron chi connectivity index (χ2n) is 4.04. The first-order valence-corrected chi connectivity index (χ1v) is 5.86. The molecule has 0 aliphatic rings. The van der Waals surface area contributed by atoms with Gasteiger partial charge in [-0.15, -0.1) is 5.10 Å². The minimum absolute atomic E-state index is 0.139. The molecule has 100 valence electrons. The maximum atomic E-state index is 11.0. The second-order valence-corrected chi connectivity index (χ2v) is 4.04. The molecule has 0 aliphatic heterocycles. The first kappa shape index (κ1) is 13.0. The summed E-state index contributed by atoms with van der Waals surface area (Å²) in [6.45, 7) is 2.00. The number of pyridine rings is 1. The molecule has 1 N–H and O–H groups in total. The van der Waals surface area contributed by atoms with Gasteiger partial charge >= 0.3 is 12.0 Å². The van der Waals surface area contributed by atoms with E-state index in [1.807, 2.05) is 6.92 Å². The number of rotatable bonds is 5. The number of carbonyl (C=O) groups is 1. The molecule has 0 saturated carbocycles. The second kappa shape index (κ2) is 5.47. The highest BCUT2D eigenvalue weighted by molar-refractivity contribution is 5.88. The fraction of sp³-hybridized carbons (Fsp3) is 0.333. The van der Waals surface area contributed by atoms with E-state index in [0.717, 1.165) is 6.42 Å². The van der Waals surface area contributed by atoms with Crippen LogP contribution in [0, 0.1) is 0 Å². The van der Waals surface area contributed by atoms with Crippen LogP contribution in [0.15, 0.2) is 18.5 Å². The Kier molecular flexibility index (Phi) is 3.74. The van der Waals surface area contributed by atoms with Crippen molar-refractivity contribution in [3.63, 3.8) is 0 Å². The molecule has 0 amide bonds. The molecule has 0 radical (unpaired) electrons. The van der Waals surface area contributed by atoms with Gasteiger partial charge < -0.3 is 9.84 Å². The number of aryl methyl sites for hydroxylation is 2. The predicted molar refractivity (Wildman–Crippen MR) is 66.3 cm³/mol. The van der Waals surface area contributed by atoms with E-state index in [9.17, 15) is 4.79 Å². The van der Waals surface area contributed by atoms with Gasteiger partial charge in [-0.3, -0.25) is 4.68 Å². The molecule has 0 aliphatic carbocycles. The molecule has 0 bridgehead atoms. The van der Waals surface area contributed by atoms with Crippen LogP contribution >= 0.6 is 0 Å². The zero-order valence-corrected chi connectivity index (χ0v) is 10.7. The number of nitrogens with zero attached hydrogens (tertiary/aromatic N) is 4. The maximum Gasteiger partial charge on any atom is 0.342 e. The van der Waals surface area contributed by atoms with Gasteiger partial charge in [0.1, 0.15) is 6.33 Å². The molecule has 7 nitrogen and oxygen atoms in total. The molecule has 2 heterocycles. The smallest absolute Gasteiger partial charge is 0.342 e. The van der Waals surface area contributed by atoms with Crippen LogP contribution < -0.4 is 4.74 Å². The molecule has 0 saturated heterocycles. The van der Waals surface area contributed by atoms with Crippen LogP contribution in [0.4, 0.5) is 0 Å². The Morgan fingerprint density at radius 2 is 2.26 bits per heavy atom. The molecule has 2 aromatic rings. The van der Waals surface area contributed by atoms with Crippen molar-refractivity contribution in [2.75, 3.05) is 0 Å². The lowest BCUT2D eigenvalue weighted by atomic mass is 10.1. The minimum atomic E-state index is -1.02. The van der Waals surface area contributed by atoms with Crippen LogP contribution in [0.25, 0.3) is 0 Å². The van der Waals surface area contributed by atoms with Crippen molar-refractivity contribution in [3.8, 4) is 11.9 Å². The van der Waals surface area contributed by atoms with Crippen LogP contribution in [0.2, 0.25) is 0 Å². The Morgan fingerprint density at radius 3 is 2.84 bits per heavy atom. The summed E-state index contributed by atoms with van der Waals surface area (Å²) in [4.78, 5) is 19.2. The monoisotopic (exact) mass is 262 g/mol. The quantitative estimate of drug-likeness (QED) is 0.881. The van der Waals surface area contributed by atoms with Crippen LogP contribution in [0.3, 0.4) is 0 Å². The average Bonchev–Trinajstić information content (AvgIpc) is 2.75. The van der Waals surface area contributed by atoms with Crippen molar-refractivity contribution in [3.05, 3.63) is 29.7 Å². The zero-order chi connectivity index (χ0) is 13.8. The third-order valence-corrected chi connectivity index (χ3v) is 2.38. The fourth-order valence-corrected chi connectivity index (χ4v) is 1.58. The van der Waals surface area contributed by atoms with Gasteiger partial charge in [0.15, 0.2) is 0 Å². The first-order chi connectivity index (χ1) is 9.08. The summed E-state index contributed by atoms with van der Waals surface area (Å²) in [5.41, 5.74) is 0.817. The summed E-state index contributed by atoms with van der Waals surface area (Å²) in [5.74, 6) is -0.826.